The van der Waals surface area contributed by atoms with Gasteiger partial charge < -0.3 is 10.8 Å². The van der Waals surface area contributed by atoms with Crippen molar-refractivity contribution in [1.29, 1.82) is 0 Å². The predicted molar refractivity (Wildman–Crippen MR) is 51.9 cm³/mol. The molecule has 70 valence electrons. The van der Waals surface area contributed by atoms with Crippen molar-refractivity contribution in [2.24, 2.45) is 0 Å². The minimum absolute atomic E-state index is 0.415. The van der Waals surface area contributed by atoms with Gasteiger partial charge in [0, 0.05) is 17.9 Å². The summed E-state index contributed by atoms with van der Waals surface area (Å²) in [5.74, 6) is 0. The van der Waals surface area contributed by atoms with Crippen LogP contribution in [0.3, 0.4) is 0 Å². The summed E-state index contributed by atoms with van der Waals surface area (Å²) < 4.78 is 0. The quantitative estimate of drug-likeness (QED) is 0.681. The fraction of sp³-hybridized carbons (Fsp3) is 0.222. The van der Waals surface area contributed by atoms with Gasteiger partial charge in [-0.05, 0) is 25.1 Å². The van der Waals surface area contributed by atoms with E-state index in [2.05, 4.69) is 0 Å². The maximum Gasteiger partial charge on any atom is 0.411 e. The van der Waals surface area contributed by atoms with Crippen molar-refractivity contribution in [2.75, 3.05) is 17.2 Å². The van der Waals surface area contributed by atoms with Crippen LogP contribution < -0.4 is 10.6 Å². The normalized spacial score (nSPS) is 9.62. The first kappa shape index (κ1) is 9.38. The second kappa shape index (κ2) is 3.80. The number of rotatable bonds is 2. The van der Waals surface area contributed by atoms with E-state index in [0.717, 1.165) is 0 Å². The summed E-state index contributed by atoms with van der Waals surface area (Å²) in [4.78, 5) is 12.0. The van der Waals surface area contributed by atoms with Crippen LogP contribution in [-0.4, -0.2) is 17.7 Å². The lowest BCUT2D eigenvalue weighted by Crippen LogP contribution is -2.28. The summed E-state index contributed by atoms with van der Waals surface area (Å²) in [6, 6.07) is 6.81. The van der Waals surface area contributed by atoms with Crippen molar-refractivity contribution in [2.45, 2.75) is 6.92 Å². The topological polar surface area (TPSA) is 66.6 Å². The van der Waals surface area contributed by atoms with Crippen molar-refractivity contribution in [3.05, 3.63) is 24.3 Å². The molecule has 4 nitrogen and oxygen atoms in total. The van der Waals surface area contributed by atoms with E-state index in [-0.39, 0.29) is 0 Å². The first-order valence-electron chi connectivity index (χ1n) is 4.01. The average molecular weight is 180 g/mol. The van der Waals surface area contributed by atoms with Gasteiger partial charge in [-0.15, -0.1) is 0 Å². The zero-order chi connectivity index (χ0) is 9.84. The molecule has 0 fully saturated rings. The Hall–Kier alpha value is -1.71. The molecular weight excluding hydrogens is 168 g/mol. The minimum Gasteiger partial charge on any atom is -0.465 e. The first-order valence-corrected chi connectivity index (χ1v) is 4.01. The molecule has 0 saturated heterocycles. The minimum atomic E-state index is -0.965. The SMILES string of the molecule is CCN(C(=O)O)c1cccc(N)c1. The van der Waals surface area contributed by atoms with Gasteiger partial charge in [0.1, 0.15) is 0 Å². The Kier molecular flexibility index (Phi) is 2.74. The maximum atomic E-state index is 10.7. The molecule has 0 radical (unpaired) electrons. The number of amides is 1. The van der Waals surface area contributed by atoms with Gasteiger partial charge in [0.15, 0.2) is 0 Å². The van der Waals surface area contributed by atoms with Gasteiger partial charge >= 0.3 is 6.09 Å². The summed E-state index contributed by atoms with van der Waals surface area (Å²) >= 11 is 0. The smallest absolute Gasteiger partial charge is 0.411 e. The molecule has 3 N–H and O–H groups in total. The Labute approximate surface area is 76.6 Å². The number of carboxylic acid groups (broad SMARTS) is 1. The number of hydrogen-bond donors (Lipinski definition) is 2. The molecule has 0 spiro atoms. The predicted octanol–water partition coefficient (Wildman–Crippen LogP) is 1.77. The molecule has 1 aromatic carbocycles. The van der Waals surface area contributed by atoms with Crippen LogP contribution in [0.1, 0.15) is 6.92 Å². The summed E-state index contributed by atoms with van der Waals surface area (Å²) in [5, 5.41) is 8.80. The van der Waals surface area contributed by atoms with Crippen LogP contribution in [0.15, 0.2) is 24.3 Å². The molecule has 0 heterocycles. The highest BCUT2D eigenvalue weighted by molar-refractivity contribution is 5.86. The van der Waals surface area contributed by atoms with Gasteiger partial charge in [-0.1, -0.05) is 6.07 Å². The zero-order valence-corrected chi connectivity index (χ0v) is 7.40. The molecule has 1 amide bonds. The van der Waals surface area contributed by atoms with Crippen LogP contribution in [0.5, 0.6) is 0 Å². The van der Waals surface area contributed by atoms with Crippen LogP contribution in [0, 0.1) is 0 Å². The van der Waals surface area contributed by atoms with E-state index in [4.69, 9.17) is 10.8 Å². The van der Waals surface area contributed by atoms with Gasteiger partial charge in [-0.2, -0.15) is 0 Å². The number of benzene rings is 1. The molecular formula is C9H12N2O2. The van der Waals surface area contributed by atoms with Gasteiger partial charge in [0.2, 0.25) is 0 Å². The van der Waals surface area contributed by atoms with Crippen LogP contribution in [0.2, 0.25) is 0 Å². The largest absolute Gasteiger partial charge is 0.465 e. The molecule has 0 bridgehead atoms. The molecule has 1 aromatic rings. The Morgan fingerprint density at radius 3 is 2.77 bits per heavy atom. The Bertz CT molecular complexity index is 312. The van der Waals surface area contributed by atoms with E-state index in [0.29, 0.717) is 17.9 Å². The third-order valence-corrected chi connectivity index (χ3v) is 1.73. The highest BCUT2D eigenvalue weighted by Crippen LogP contribution is 2.16. The molecule has 0 saturated carbocycles. The van der Waals surface area contributed by atoms with E-state index in [9.17, 15) is 4.79 Å². The third-order valence-electron chi connectivity index (χ3n) is 1.73. The number of nitrogens with zero attached hydrogens (tertiary/aromatic N) is 1. The molecule has 0 aromatic heterocycles. The number of hydrogen-bond acceptors (Lipinski definition) is 2. The summed E-state index contributed by atoms with van der Waals surface area (Å²) in [6.07, 6.45) is -0.965. The number of carbonyl (C=O) groups is 1. The highest BCUT2D eigenvalue weighted by atomic mass is 16.4. The van der Waals surface area contributed by atoms with E-state index in [1.807, 2.05) is 0 Å². The molecule has 1 rings (SSSR count). The second-order valence-corrected chi connectivity index (χ2v) is 2.62. The van der Waals surface area contributed by atoms with Crippen LogP contribution in [0.25, 0.3) is 0 Å². The number of anilines is 2. The van der Waals surface area contributed by atoms with E-state index in [1.165, 1.54) is 4.90 Å². The fourth-order valence-corrected chi connectivity index (χ4v) is 1.12. The van der Waals surface area contributed by atoms with E-state index < -0.39 is 6.09 Å². The zero-order valence-electron chi connectivity index (χ0n) is 7.40. The van der Waals surface area contributed by atoms with E-state index in [1.54, 1.807) is 31.2 Å². The van der Waals surface area contributed by atoms with Crippen molar-refractivity contribution >= 4 is 17.5 Å². The molecule has 0 atom stereocenters. The maximum absolute atomic E-state index is 10.7. The van der Waals surface area contributed by atoms with Crippen LogP contribution >= 0.6 is 0 Å². The first-order chi connectivity index (χ1) is 6.15. The standard InChI is InChI=1S/C9H12N2O2/c1-2-11(9(12)13)8-5-3-4-7(10)6-8/h3-6H,2,10H2,1H3,(H,12,13). The van der Waals surface area contributed by atoms with Crippen molar-refractivity contribution in [1.82, 2.24) is 0 Å². The summed E-state index contributed by atoms with van der Waals surface area (Å²) in [7, 11) is 0. The van der Waals surface area contributed by atoms with Crippen LogP contribution in [0.4, 0.5) is 16.2 Å². The molecule has 0 aliphatic heterocycles. The van der Waals surface area contributed by atoms with Gasteiger partial charge in [0.05, 0.1) is 0 Å². The van der Waals surface area contributed by atoms with Crippen molar-refractivity contribution < 1.29 is 9.90 Å². The lowest BCUT2D eigenvalue weighted by atomic mass is 10.2. The molecule has 0 aliphatic rings. The lowest BCUT2D eigenvalue weighted by molar-refractivity contribution is 0.202. The molecule has 0 unspecified atom stereocenters. The van der Waals surface area contributed by atoms with Gasteiger partial charge in [-0.3, -0.25) is 4.90 Å². The monoisotopic (exact) mass is 180 g/mol. The fourth-order valence-electron chi connectivity index (χ4n) is 1.12. The summed E-state index contributed by atoms with van der Waals surface area (Å²) in [6.45, 7) is 2.19. The molecule has 13 heavy (non-hydrogen) atoms. The third kappa shape index (κ3) is 2.11. The van der Waals surface area contributed by atoms with Gasteiger partial charge in [-0.25, -0.2) is 4.79 Å². The van der Waals surface area contributed by atoms with E-state index >= 15 is 0 Å². The van der Waals surface area contributed by atoms with Crippen LogP contribution in [-0.2, 0) is 0 Å². The molecule has 4 heteroatoms. The summed E-state index contributed by atoms with van der Waals surface area (Å²) in [5.41, 5.74) is 6.70. The van der Waals surface area contributed by atoms with Crippen molar-refractivity contribution in [3.8, 4) is 0 Å². The van der Waals surface area contributed by atoms with Gasteiger partial charge in [0.25, 0.3) is 0 Å². The lowest BCUT2D eigenvalue weighted by Gasteiger charge is -2.16. The Balaban J connectivity index is 2.98. The average Bonchev–Trinajstić information content (AvgIpc) is 2.04. The number of nitrogen functional groups attached to an aromatic ring is 1. The second-order valence-electron chi connectivity index (χ2n) is 2.62. The number of nitrogens with two attached hydrogens (primary N) is 1. The Morgan fingerprint density at radius 2 is 2.31 bits per heavy atom. The van der Waals surface area contributed by atoms with Crippen molar-refractivity contribution in [3.63, 3.8) is 0 Å². The Morgan fingerprint density at radius 1 is 1.62 bits per heavy atom. The molecule has 0 aliphatic carbocycles. The highest BCUT2D eigenvalue weighted by Gasteiger charge is 2.10.